The second kappa shape index (κ2) is 9.04. The van der Waals surface area contributed by atoms with Gasteiger partial charge in [-0.1, -0.05) is 0 Å². The van der Waals surface area contributed by atoms with E-state index in [1.807, 2.05) is 24.8 Å². The van der Waals surface area contributed by atoms with Crippen molar-refractivity contribution in [1.29, 1.82) is 0 Å². The Morgan fingerprint density at radius 3 is 1.54 bits per heavy atom. The van der Waals surface area contributed by atoms with Gasteiger partial charge in [-0.2, -0.15) is 0 Å². The number of nitrogens with zero attached hydrogens (tertiary/aromatic N) is 2. The van der Waals surface area contributed by atoms with Crippen molar-refractivity contribution >= 4 is 31.9 Å². The highest BCUT2D eigenvalue weighted by Crippen LogP contribution is 2.20. The predicted molar refractivity (Wildman–Crippen MR) is 101 cm³/mol. The first kappa shape index (κ1) is 18.0. The number of hydrogen-bond acceptors (Lipinski definition) is 2. The van der Waals surface area contributed by atoms with Crippen LogP contribution in [0.25, 0.3) is 0 Å². The summed E-state index contributed by atoms with van der Waals surface area (Å²) in [4.78, 5) is 8.32. The highest BCUT2D eigenvalue weighted by molar-refractivity contribution is 9.10. The molecule has 0 saturated carbocycles. The third-order valence-corrected chi connectivity index (χ3v) is 5.52. The molecule has 0 spiro atoms. The van der Waals surface area contributed by atoms with Crippen molar-refractivity contribution < 1.29 is 10.6 Å². The van der Waals surface area contributed by atoms with E-state index in [0.29, 0.717) is 12.1 Å². The van der Waals surface area contributed by atoms with E-state index < -0.39 is 0 Å². The molecule has 2 atom stereocenters. The molecular formula is C18H24Br2N4+2. The van der Waals surface area contributed by atoms with Crippen molar-refractivity contribution in [2.75, 3.05) is 13.1 Å². The maximum Gasteiger partial charge on any atom is 0.113 e. The van der Waals surface area contributed by atoms with Crippen LogP contribution in [0.4, 0.5) is 0 Å². The second-order valence-corrected chi connectivity index (χ2v) is 8.25. The Morgan fingerprint density at radius 2 is 1.21 bits per heavy atom. The zero-order valence-corrected chi connectivity index (χ0v) is 16.8. The maximum atomic E-state index is 4.16. The van der Waals surface area contributed by atoms with Crippen LogP contribution in [-0.2, 0) is 0 Å². The van der Waals surface area contributed by atoms with Gasteiger partial charge in [-0.25, -0.2) is 0 Å². The lowest BCUT2D eigenvalue weighted by atomic mass is 10.1. The molecule has 6 heteroatoms. The molecule has 128 valence electrons. The van der Waals surface area contributed by atoms with Gasteiger partial charge in [-0.15, -0.1) is 0 Å². The molecule has 4 nitrogen and oxygen atoms in total. The van der Waals surface area contributed by atoms with Crippen LogP contribution in [0.1, 0.15) is 48.9 Å². The zero-order chi connectivity index (χ0) is 16.8. The molecular weight excluding hydrogens is 432 g/mol. The molecule has 4 heterocycles. The van der Waals surface area contributed by atoms with E-state index in [-0.39, 0.29) is 0 Å². The lowest BCUT2D eigenvalue weighted by Crippen LogP contribution is -2.81. The Morgan fingerprint density at radius 1 is 0.750 bits per heavy atom. The molecule has 2 aromatic rings. The fraction of sp³-hybridized carbons (Fsp3) is 0.444. The number of pyridine rings is 2. The highest BCUT2D eigenvalue weighted by atomic mass is 79.9. The molecule has 0 unspecified atom stereocenters. The molecule has 2 fully saturated rings. The minimum absolute atomic E-state index is 0.648. The van der Waals surface area contributed by atoms with E-state index >= 15 is 0 Å². The van der Waals surface area contributed by atoms with Crippen LogP contribution in [0, 0.1) is 0 Å². The number of nitrogens with two attached hydrogens (primary N) is 2. The SMILES string of the molecule is Brc1cncc([C@@H]2CCC[NH2+]2)c1.Brc1cncc([C@H]2CCC[NH2+]2)c1. The molecule has 0 aromatic carbocycles. The van der Waals surface area contributed by atoms with E-state index in [0.717, 1.165) is 8.95 Å². The van der Waals surface area contributed by atoms with E-state index in [9.17, 15) is 0 Å². The monoisotopic (exact) mass is 454 g/mol. The molecule has 2 aliphatic heterocycles. The van der Waals surface area contributed by atoms with E-state index in [1.165, 1.54) is 49.9 Å². The molecule has 0 radical (unpaired) electrons. The number of rotatable bonds is 2. The number of halogens is 2. The average Bonchev–Trinajstić information content (AvgIpc) is 3.29. The largest absolute Gasteiger partial charge is 0.340 e. The Balaban J connectivity index is 0.000000141. The minimum Gasteiger partial charge on any atom is -0.340 e. The highest BCUT2D eigenvalue weighted by Gasteiger charge is 2.21. The molecule has 24 heavy (non-hydrogen) atoms. The Hall–Kier alpha value is -0.820. The smallest absolute Gasteiger partial charge is 0.113 e. The first-order valence-corrected chi connectivity index (χ1v) is 10.2. The maximum absolute atomic E-state index is 4.16. The van der Waals surface area contributed by atoms with Crippen molar-refractivity contribution in [2.24, 2.45) is 0 Å². The van der Waals surface area contributed by atoms with Crippen LogP contribution in [-0.4, -0.2) is 23.1 Å². The van der Waals surface area contributed by atoms with Crippen LogP contribution >= 0.6 is 31.9 Å². The summed E-state index contributed by atoms with van der Waals surface area (Å²) in [6.45, 7) is 2.52. The summed E-state index contributed by atoms with van der Waals surface area (Å²) in [5.41, 5.74) is 2.70. The molecule has 0 amide bonds. The van der Waals surface area contributed by atoms with E-state index in [2.05, 4.69) is 64.6 Å². The molecule has 4 rings (SSSR count). The Kier molecular flexibility index (Phi) is 6.77. The average molecular weight is 456 g/mol. The normalized spacial score (nSPS) is 22.9. The van der Waals surface area contributed by atoms with Crippen molar-refractivity contribution in [3.8, 4) is 0 Å². The van der Waals surface area contributed by atoms with E-state index in [4.69, 9.17) is 0 Å². The van der Waals surface area contributed by atoms with Gasteiger partial charge >= 0.3 is 0 Å². The zero-order valence-electron chi connectivity index (χ0n) is 13.7. The van der Waals surface area contributed by atoms with Gasteiger partial charge in [-0.05, 0) is 44.0 Å². The summed E-state index contributed by atoms with van der Waals surface area (Å²) in [7, 11) is 0. The first-order valence-electron chi connectivity index (χ1n) is 8.60. The van der Waals surface area contributed by atoms with Crippen LogP contribution in [0.5, 0.6) is 0 Å². The van der Waals surface area contributed by atoms with Crippen LogP contribution in [0.3, 0.4) is 0 Å². The number of hydrogen-bond donors (Lipinski definition) is 2. The lowest BCUT2D eigenvalue weighted by molar-refractivity contribution is -0.676. The van der Waals surface area contributed by atoms with Crippen LogP contribution in [0.2, 0.25) is 0 Å². The predicted octanol–water partition coefficient (Wildman–Crippen LogP) is 2.48. The third kappa shape index (κ3) is 5.09. The Labute approximate surface area is 160 Å². The molecule has 0 bridgehead atoms. The third-order valence-electron chi connectivity index (χ3n) is 4.65. The van der Waals surface area contributed by atoms with E-state index in [1.54, 1.807) is 0 Å². The molecule has 2 aromatic heterocycles. The summed E-state index contributed by atoms with van der Waals surface area (Å²) in [6, 6.07) is 5.63. The molecule has 2 saturated heterocycles. The lowest BCUT2D eigenvalue weighted by Gasteiger charge is -2.06. The number of aromatic nitrogens is 2. The quantitative estimate of drug-likeness (QED) is 0.730. The molecule has 0 aliphatic carbocycles. The van der Waals surface area contributed by atoms with Gasteiger partial charge in [0.2, 0.25) is 0 Å². The molecule has 2 aliphatic rings. The summed E-state index contributed by atoms with van der Waals surface area (Å²) in [5.74, 6) is 0. The fourth-order valence-corrected chi connectivity index (χ4v) is 4.18. The van der Waals surface area contributed by atoms with Crippen molar-refractivity contribution in [1.82, 2.24) is 9.97 Å². The topological polar surface area (TPSA) is 59.0 Å². The van der Waals surface area contributed by atoms with Gasteiger partial charge in [0.15, 0.2) is 0 Å². The van der Waals surface area contributed by atoms with Gasteiger partial charge in [-0.3, -0.25) is 9.97 Å². The van der Waals surface area contributed by atoms with Crippen molar-refractivity contribution in [2.45, 2.75) is 37.8 Å². The minimum atomic E-state index is 0.648. The van der Waals surface area contributed by atoms with Gasteiger partial charge in [0.25, 0.3) is 0 Å². The van der Waals surface area contributed by atoms with Gasteiger partial charge in [0.05, 0.1) is 13.1 Å². The molecule has 4 N–H and O–H groups in total. The van der Waals surface area contributed by atoms with Crippen molar-refractivity contribution in [3.63, 3.8) is 0 Å². The van der Waals surface area contributed by atoms with Crippen LogP contribution < -0.4 is 10.6 Å². The summed E-state index contributed by atoms with van der Waals surface area (Å²) in [5, 5.41) is 4.78. The van der Waals surface area contributed by atoms with Gasteiger partial charge in [0.1, 0.15) is 12.1 Å². The van der Waals surface area contributed by atoms with Crippen LogP contribution in [0.15, 0.2) is 45.9 Å². The number of quaternary nitrogens is 2. The summed E-state index contributed by atoms with van der Waals surface area (Å²) in [6.07, 6.45) is 12.8. The fourth-order valence-electron chi connectivity index (χ4n) is 3.42. The van der Waals surface area contributed by atoms with Gasteiger partial charge in [0, 0.05) is 70.5 Å². The first-order chi connectivity index (χ1) is 11.7. The van der Waals surface area contributed by atoms with Crippen molar-refractivity contribution in [3.05, 3.63) is 57.0 Å². The summed E-state index contributed by atoms with van der Waals surface area (Å²) < 4.78 is 2.17. The standard InChI is InChI=1S/2C9H11BrN2/c2*10-8-4-7(5-11-6-8)9-2-1-3-12-9/h2*4-6,9,12H,1-3H2/p+2/t2*9-/m10/s1. The van der Waals surface area contributed by atoms with Gasteiger partial charge < -0.3 is 10.6 Å². The summed E-state index contributed by atoms with van der Waals surface area (Å²) >= 11 is 6.87. The Bertz CT molecular complexity index is 595. The second-order valence-electron chi connectivity index (χ2n) is 6.42.